The van der Waals surface area contributed by atoms with E-state index in [9.17, 15) is 9.59 Å². The van der Waals surface area contributed by atoms with Crippen molar-refractivity contribution in [3.05, 3.63) is 57.5 Å². The zero-order valence-corrected chi connectivity index (χ0v) is 17.6. The molecule has 2 fully saturated rings. The number of nitrogens with one attached hydrogen (secondary N) is 1. The third kappa shape index (κ3) is 4.73. The zero-order valence-electron chi connectivity index (χ0n) is 17.6. The number of likely N-dealkylation sites (tertiary alicyclic amines) is 1. The minimum Gasteiger partial charge on any atom is -0.378 e. The van der Waals surface area contributed by atoms with Crippen LogP contribution in [-0.2, 0) is 22.4 Å². The van der Waals surface area contributed by atoms with Crippen LogP contribution in [0.3, 0.4) is 0 Å². The van der Waals surface area contributed by atoms with Crippen LogP contribution in [0.5, 0.6) is 0 Å². The van der Waals surface area contributed by atoms with Crippen molar-refractivity contribution < 1.29 is 9.53 Å². The van der Waals surface area contributed by atoms with Crippen molar-refractivity contribution in [2.45, 2.75) is 45.1 Å². The highest BCUT2D eigenvalue weighted by Crippen LogP contribution is 2.22. The maximum absolute atomic E-state index is 12.9. The molecule has 3 heterocycles. The third-order valence-corrected chi connectivity index (χ3v) is 6.12. The molecule has 0 saturated carbocycles. The van der Waals surface area contributed by atoms with Crippen molar-refractivity contribution >= 4 is 11.9 Å². The molecule has 30 heavy (non-hydrogen) atoms. The maximum atomic E-state index is 12.9. The summed E-state index contributed by atoms with van der Waals surface area (Å²) in [5, 5.41) is 0. The number of ether oxygens (including phenoxy) is 1. The molecular weight excluding hydrogens is 380 g/mol. The predicted octanol–water partition coefficient (Wildman–Crippen LogP) is 2.08. The number of hydrogen-bond acceptors (Lipinski definition) is 5. The first-order chi connectivity index (χ1) is 14.6. The molecule has 1 atom stereocenters. The summed E-state index contributed by atoms with van der Waals surface area (Å²) in [5.74, 6) is 0.725. The first-order valence-corrected chi connectivity index (χ1v) is 10.9. The Morgan fingerprint density at radius 2 is 1.97 bits per heavy atom. The van der Waals surface area contributed by atoms with Gasteiger partial charge in [-0.1, -0.05) is 30.3 Å². The molecule has 1 N–H and O–H groups in total. The lowest BCUT2D eigenvalue weighted by atomic mass is 10.0. The van der Waals surface area contributed by atoms with Crippen molar-refractivity contribution in [2.24, 2.45) is 0 Å². The van der Waals surface area contributed by atoms with Gasteiger partial charge in [-0.05, 0) is 38.2 Å². The number of benzene rings is 1. The van der Waals surface area contributed by atoms with E-state index in [4.69, 9.17) is 4.74 Å². The minimum atomic E-state index is -0.140. The van der Waals surface area contributed by atoms with Crippen LogP contribution in [0.15, 0.2) is 35.1 Å². The molecule has 4 rings (SSSR count). The summed E-state index contributed by atoms with van der Waals surface area (Å²) in [4.78, 5) is 37.1. The monoisotopic (exact) mass is 410 g/mol. The second-order valence-electron chi connectivity index (χ2n) is 8.13. The van der Waals surface area contributed by atoms with E-state index in [0.29, 0.717) is 43.3 Å². The second kappa shape index (κ2) is 9.43. The average molecular weight is 411 g/mol. The summed E-state index contributed by atoms with van der Waals surface area (Å²) in [6.07, 6.45) is 3.73. The van der Waals surface area contributed by atoms with Gasteiger partial charge < -0.3 is 14.5 Å². The summed E-state index contributed by atoms with van der Waals surface area (Å²) >= 11 is 0. The number of amides is 1. The van der Waals surface area contributed by atoms with E-state index >= 15 is 0 Å². The molecule has 2 aliphatic heterocycles. The Morgan fingerprint density at radius 1 is 1.20 bits per heavy atom. The van der Waals surface area contributed by atoms with Crippen LogP contribution in [0, 0.1) is 6.92 Å². The van der Waals surface area contributed by atoms with Crippen LogP contribution in [-0.4, -0.2) is 59.7 Å². The van der Waals surface area contributed by atoms with Crippen molar-refractivity contribution in [2.75, 3.05) is 37.7 Å². The summed E-state index contributed by atoms with van der Waals surface area (Å²) in [7, 11) is 0. The normalized spacial score (nSPS) is 19.3. The Morgan fingerprint density at radius 3 is 2.70 bits per heavy atom. The molecule has 2 aliphatic rings. The largest absolute Gasteiger partial charge is 0.378 e. The van der Waals surface area contributed by atoms with Crippen LogP contribution in [0.2, 0.25) is 0 Å². The van der Waals surface area contributed by atoms with Gasteiger partial charge in [0, 0.05) is 43.4 Å². The van der Waals surface area contributed by atoms with Gasteiger partial charge in [0.15, 0.2) is 0 Å². The van der Waals surface area contributed by atoms with E-state index in [-0.39, 0.29) is 17.5 Å². The Labute approximate surface area is 177 Å². The van der Waals surface area contributed by atoms with Crippen LogP contribution in [0.4, 0.5) is 5.95 Å². The average Bonchev–Trinajstić information content (AvgIpc) is 3.22. The van der Waals surface area contributed by atoms with E-state index in [1.54, 1.807) is 0 Å². The fourth-order valence-corrected chi connectivity index (χ4v) is 4.45. The number of aromatic amines is 1. The van der Waals surface area contributed by atoms with E-state index in [2.05, 4.69) is 22.1 Å². The van der Waals surface area contributed by atoms with Gasteiger partial charge in [0.2, 0.25) is 11.9 Å². The molecule has 160 valence electrons. The van der Waals surface area contributed by atoms with Crippen LogP contribution >= 0.6 is 0 Å². The number of H-pyrrole nitrogens is 1. The summed E-state index contributed by atoms with van der Waals surface area (Å²) in [6, 6.07) is 10.6. The molecular formula is C23H30N4O3. The zero-order chi connectivity index (χ0) is 20.9. The number of hydrogen-bond donors (Lipinski definition) is 1. The minimum absolute atomic E-state index is 0.129. The molecule has 2 aromatic rings. The van der Waals surface area contributed by atoms with Gasteiger partial charge in [-0.2, -0.15) is 0 Å². The molecule has 2 saturated heterocycles. The SMILES string of the molecule is Cc1nc(N2CCOCC2)[nH]c(=O)c1CCC(=O)N1CCCC1Cc1ccccc1. The summed E-state index contributed by atoms with van der Waals surface area (Å²) < 4.78 is 5.36. The summed E-state index contributed by atoms with van der Waals surface area (Å²) in [6.45, 7) is 5.38. The van der Waals surface area contributed by atoms with Crippen molar-refractivity contribution in [1.82, 2.24) is 14.9 Å². The molecule has 0 aliphatic carbocycles. The van der Waals surface area contributed by atoms with E-state index in [0.717, 1.165) is 38.9 Å². The highest BCUT2D eigenvalue weighted by molar-refractivity contribution is 5.77. The Bertz CT molecular complexity index is 922. The number of aromatic nitrogens is 2. The topological polar surface area (TPSA) is 78.5 Å². The molecule has 1 aromatic carbocycles. The van der Waals surface area contributed by atoms with Crippen molar-refractivity contribution in [3.8, 4) is 0 Å². The van der Waals surface area contributed by atoms with Gasteiger partial charge in [0.05, 0.1) is 13.2 Å². The van der Waals surface area contributed by atoms with E-state index in [1.807, 2.05) is 34.9 Å². The van der Waals surface area contributed by atoms with Crippen LogP contribution in [0.1, 0.15) is 36.1 Å². The number of morpholine rings is 1. The fraction of sp³-hybridized carbons (Fsp3) is 0.522. The van der Waals surface area contributed by atoms with Crippen molar-refractivity contribution in [3.63, 3.8) is 0 Å². The lowest BCUT2D eigenvalue weighted by Crippen LogP contribution is -2.39. The van der Waals surface area contributed by atoms with Gasteiger partial charge in [-0.25, -0.2) is 4.98 Å². The molecule has 7 nitrogen and oxygen atoms in total. The first-order valence-electron chi connectivity index (χ1n) is 10.9. The number of anilines is 1. The smallest absolute Gasteiger partial charge is 0.255 e. The maximum Gasteiger partial charge on any atom is 0.255 e. The molecule has 0 bridgehead atoms. The van der Waals surface area contributed by atoms with Crippen molar-refractivity contribution in [1.29, 1.82) is 0 Å². The molecule has 0 radical (unpaired) electrons. The number of carbonyl (C=O) groups excluding carboxylic acids is 1. The number of aryl methyl sites for hydroxylation is 1. The molecule has 1 aromatic heterocycles. The van der Waals surface area contributed by atoms with Crippen LogP contribution in [0.25, 0.3) is 0 Å². The van der Waals surface area contributed by atoms with Gasteiger partial charge in [-0.3, -0.25) is 14.6 Å². The highest BCUT2D eigenvalue weighted by Gasteiger charge is 2.28. The standard InChI is InChI=1S/C23H30N4O3/c1-17-20(22(29)25-23(24-17)26-12-14-30-15-13-26)9-10-21(28)27-11-5-8-19(27)16-18-6-3-2-4-7-18/h2-4,6-7,19H,5,8-16H2,1H3,(H,24,25,29). The molecule has 1 amide bonds. The number of rotatable bonds is 6. The Balaban J connectivity index is 1.39. The number of carbonyl (C=O) groups is 1. The quantitative estimate of drug-likeness (QED) is 0.789. The third-order valence-electron chi connectivity index (χ3n) is 6.12. The fourth-order valence-electron chi connectivity index (χ4n) is 4.45. The van der Waals surface area contributed by atoms with Gasteiger partial charge in [-0.15, -0.1) is 0 Å². The molecule has 0 spiro atoms. The molecule has 1 unspecified atom stereocenters. The van der Waals surface area contributed by atoms with Crippen LogP contribution < -0.4 is 10.5 Å². The van der Waals surface area contributed by atoms with Gasteiger partial charge in [0.25, 0.3) is 5.56 Å². The Hall–Kier alpha value is -2.67. The number of nitrogens with zero attached hydrogens (tertiary/aromatic N) is 3. The lowest BCUT2D eigenvalue weighted by Gasteiger charge is -2.27. The lowest BCUT2D eigenvalue weighted by molar-refractivity contribution is -0.131. The predicted molar refractivity (Wildman–Crippen MR) is 116 cm³/mol. The second-order valence-corrected chi connectivity index (χ2v) is 8.13. The van der Waals surface area contributed by atoms with Gasteiger partial charge in [0.1, 0.15) is 0 Å². The summed E-state index contributed by atoms with van der Waals surface area (Å²) in [5.41, 5.74) is 2.44. The van der Waals surface area contributed by atoms with E-state index in [1.165, 1.54) is 5.56 Å². The highest BCUT2D eigenvalue weighted by atomic mass is 16.5. The molecule has 7 heteroatoms. The van der Waals surface area contributed by atoms with E-state index < -0.39 is 0 Å². The first kappa shape index (κ1) is 20.6. The van der Waals surface area contributed by atoms with Gasteiger partial charge >= 0.3 is 0 Å². The Kier molecular flexibility index (Phi) is 6.47.